The smallest absolute Gasteiger partial charge is 0.222 e. The van der Waals surface area contributed by atoms with E-state index in [2.05, 4.69) is 9.73 Å². The van der Waals surface area contributed by atoms with Crippen LogP contribution in [0.2, 0.25) is 0 Å². The fourth-order valence-electron chi connectivity index (χ4n) is 1.43. The number of alkyl halides is 1. The molecule has 1 aliphatic rings. The Morgan fingerprint density at radius 2 is 1.44 bits per heavy atom. The lowest BCUT2D eigenvalue weighted by Gasteiger charge is -2.10. The summed E-state index contributed by atoms with van der Waals surface area (Å²) < 4.78 is 82.0. The van der Waals surface area contributed by atoms with Gasteiger partial charge in [0.05, 0.1) is 6.54 Å². The Balaban J connectivity index is 2.53. The molecule has 0 aliphatic carbocycles. The van der Waals surface area contributed by atoms with E-state index in [0.717, 1.165) is 0 Å². The van der Waals surface area contributed by atoms with Gasteiger partial charge in [0.1, 0.15) is 18.3 Å². The quantitative estimate of drug-likeness (QED) is 0.459. The molecular weight excluding hydrogens is 264 g/mol. The van der Waals surface area contributed by atoms with E-state index in [1.807, 2.05) is 0 Å². The number of hydrogen-bond acceptors (Lipinski definition) is 2. The molecule has 2 rings (SSSR count). The average Bonchev–Trinajstić information content (AvgIpc) is 2.83. The van der Waals surface area contributed by atoms with Crippen molar-refractivity contribution in [1.82, 2.24) is 0 Å². The number of ether oxygens (including phenoxy) is 1. The second-order valence-electron chi connectivity index (χ2n) is 3.48. The van der Waals surface area contributed by atoms with E-state index in [1.165, 1.54) is 0 Å². The monoisotopic (exact) mass is 269 g/mol. The highest BCUT2D eigenvalue weighted by Gasteiger charge is 2.32. The largest absolute Gasteiger partial charge is 0.469 e. The number of halogens is 6. The molecule has 8 heteroatoms. The number of aliphatic imine (C=N–C) groups is 1. The van der Waals surface area contributed by atoms with Gasteiger partial charge in [-0.25, -0.2) is 31.3 Å². The Labute approximate surface area is 96.9 Å². The highest BCUT2D eigenvalue weighted by Crippen LogP contribution is 2.25. The minimum atomic E-state index is -2.27. The van der Waals surface area contributed by atoms with E-state index in [-0.39, 0.29) is 6.54 Å². The van der Waals surface area contributed by atoms with Crippen LogP contribution in [0.3, 0.4) is 0 Å². The molecule has 2 nitrogen and oxygen atoms in total. The van der Waals surface area contributed by atoms with Gasteiger partial charge in [0.15, 0.2) is 23.3 Å². The Kier molecular flexibility index (Phi) is 3.18. The second-order valence-corrected chi connectivity index (χ2v) is 3.48. The molecule has 0 amide bonds. The zero-order valence-electron chi connectivity index (χ0n) is 8.61. The molecule has 1 aromatic carbocycles. The Morgan fingerprint density at radius 3 is 1.89 bits per heavy atom. The van der Waals surface area contributed by atoms with Crippen LogP contribution >= 0.6 is 0 Å². The summed E-state index contributed by atoms with van der Waals surface area (Å²) in [5.41, 5.74) is -1.28. The van der Waals surface area contributed by atoms with Crippen LogP contribution in [0.25, 0.3) is 0 Å². The lowest BCUT2D eigenvalue weighted by Crippen LogP contribution is -2.18. The predicted octanol–water partition coefficient (Wildman–Crippen LogP) is 2.50. The summed E-state index contributed by atoms with van der Waals surface area (Å²) in [7, 11) is 0. The van der Waals surface area contributed by atoms with Crippen molar-refractivity contribution in [2.75, 3.05) is 13.2 Å². The van der Waals surface area contributed by atoms with E-state index >= 15 is 0 Å². The molecular formula is C10H5F6NO. The van der Waals surface area contributed by atoms with Gasteiger partial charge in [-0.2, -0.15) is 0 Å². The number of rotatable bonds is 2. The average molecular weight is 269 g/mol. The van der Waals surface area contributed by atoms with Crippen molar-refractivity contribution in [3.63, 3.8) is 0 Å². The third-order valence-electron chi connectivity index (χ3n) is 2.31. The number of hydrogen-bond donors (Lipinski definition) is 0. The molecule has 18 heavy (non-hydrogen) atoms. The molecule has 1 atom stereocenters. The van der Waals surface area contributed by atoms with E-state index in [0.29, 0.717) is 0 Å². The summed E-state index contributed by atoms with van der Waals surface area (Å²) in [5.74, 6) is -11.4. The lowest BCUT2D eigenvalue weighted by atomic mass is 10.1. The van der Waals surface area contributed by atoms with Crippen molar-refractivity contribution in [1.29, 1.82) is 0 Å². The second kappa shape index (κ2) is 4.51. The van der Waals surface area contributed by atoms with E-state index < -0.39 is 53.3 Å². The number of nitrogens with zero attached hydrogens (tertiary/aromatic N) is 1. The Hall–Kier alpha value is -1.73. The SMILES string of the molecule is FCC1CN=C(c2c(F)c(F)c(F)c(F)c2F)O1. The van der Waals surface area contributed by atoms with E-state index in [1.54, 1.807) is 0 Å². The first-order valence-electron chi connectivity index (χ1n) is 4.76. The first-order valence-corrected chi connectivity index (χ1v) is 4.76. The first-order chi connectivity index (χ1) is 8.47. The molecule has 1 unspecified atom stereocenters. The maximum absolute atomic E-state index is 13.3. The van der Waals surface area contributed by atoms with Gasteiger partial charge in [-0.05, 0) is 0 Å². The van der Waals surface area contributed by atoms with Crippen molar-refractivity contribution in [3.8, 4) is 0 Å². The van der Waals surface area contributed by atoms with Gasteiger partial charge in [0, 0.05) is 0 Å². The van der Waals surface area contributed by atoms with Gasteiger partial charge in [-0.15, -0.1) is 0 Å². The molecule has 1 aromatic rings. The van der Waals surface area contributed by atoms with Crippen molar-refractivity contribution in [2.45, 2.75) is 6.10 Å². The first kappa shape index (κ1) is 12.7. The van der Waals surface area contributed by atoms with Crippen LogP contribution in [-0.2, 0) is 4.74 Å². The minimum absolute atomic E-state index is 0.245. The van der Waals surface area contributed by atoms with Crippen LogP contribution < -0.4 is 0 Å². The van der Waals surface area contributed by atoms with Crippen molar-refractivity contribution >= 4 is 5.90 Å². The fraction of sp³-hybridized carbons (Fsp3) is 0.300. The zero-order valence-corrected chi connectivity index (χ0v) is 8.61. The summed E-state index contributed by atoms with van der Waals surface area (Å²) in [6, 6.07) is 0. The fourth-order valence-corrected chi connectivity index (χ4v) is 1.43. The number of benzene rings is 1. The Bertz CT molecular complexity index is 501. The van der Waals surface area contributed by atoms with E-state index in [4.69, 9.17) is 0 Å². The molecule has 0 bridgehead atoms. The standard InChI is InChI=1S/C10H5F6NO/c11-1-3-2-17-10(18-3)4-5(12)7(14)9(16)8(15)6(4)13/h3H,1-2H2. The zero-order chi connectivity index (χ0) is 13.4. The van der Waals surface area contributed by atoms with Crippen LogP contribution in [0.1, 0.15) is 5.56 Å². The van der Waals surface area contributed by atoms with Crippen LogP contribution in [0.15, 0.2) is 4.99 Å². The van der Waals surface area contributed by atoms with Crippen LogP contribution in [0.4, 0.5) is 26.3 Å². The molecule has 0 radical (unpaired) electrons. The minimum Gasteiger partial charge on any atom is -0.469 e. The van der Waals surface area contributed by atoms with Crippen molar-refractivity contribution in [3.05, 3.63) is 34.6 Å². The third kappa shape index (κ3) is 1.81. The van der Waals surface area contributed by atoms with Gasteiger partial charge in [-0.1, -0.05) is 0 Å². The summed E-state index contributed by atoms with van der Waals surface area (Å²) in [5, 5.41) is 0. The molecule has 0 saturated heterocycles. The van der Waals surface area contributed by atoms with Gasteiger partial charge < -0.3 is 4.74 Å². The van der Waals surface area contributed by atoms with Crippen molar-refractivity contribution < 1.29 is 31.1 Å². The van der Waals surface area contributed by atoms with Gasteiger partial charge in [0.2, 0.25) is 11.7 Å². The third-order valence-corrected chi connectivity index (χ3v) is 2.31. The maximum atomic E-state index is 13.3. The van der Waals surface area contributed by atoms with Crippen molar-refractivity contribution in [2.24, 2.45) is 4.99 Å². The summed E-state index contributed by atoms with van der Waals surface area (Å²) in [6.45, 7) is -1.23. The van der Waals surface area contributed by atoms with Gasteiger partial charge >= 0.3 is 0 Å². The van der Waals surface area contributed by atoms with Crippen LogP contribution in [0, 0.1) is 29.1 Å². The Morgan fingerprint density at radius 1 is 0.944 bits per heavy atom. The van der Waals surface area contributed by atoms with Gasteiger partial charge in [-0.3, -0.25) is 0 Å². The molecule has 98 valence electrons. The molecule has 1 aliphatic heterocycles. The predicted molar refractivity (Wildman–Crippen MR) is 48.5 cm³/mol. The van der Waals surface area contributed by atoms with Crippen LogP contribution in [-0.4, -0.2) is 25.2 Å². The highest BCUT2D eigenvalue weighted by atomic mass is 19.2. The van der Waals surface area contributed by atoms with Gasteiger partial charge in [0.25, 0.3) is 0 Å². The highest BCUT2D eigenvalue weighted by molar-refractivity contribution is 5.95. The molecule has 0 fully saturated rings. The summed E-state index contributed by atoms with van der Waals surface area (Å²) >= 11 is 0. The normalized spacial score (nSPS) is 18.8. The molecule has 1 heterocycles. The maximum Gasteiger partial charge on any atom is 0.222 e. The molecule has 0 spiro atoms. The molecule has 0 N–H and O–H groups in total. The lowest BCUT2D eigenvalue weighted by molar-refractivity contribution is 0.182. The molecule has 0 saturated carbocycles. The van der Waals surface area contributed by atoms with E-state index in [9.17, 15) is 26.3 Å². The van der Waals surface area contributed by atoms with Crippen LogP contribution in [0.5, 0.6) is 0 Å². The summed E-state index contributed by atoms with van der Waals surface area (Å²) in [4.78, 5) is 3.41. The summed E-state index contributed by atoms with van der Waals surface area (Å²) in [6.07, 6.45) is -1.07. The topological polar surface area (TPSA) is 21.6 Å². The molecule has 0 aromatic heterocycles.